The standard InChI is InChI=1S/C9H11BrCl2N2/c1-4(2)7-6(10)8(12)14-9(13-7)5(3)11/h4-5H,1-3H3. The van der Waals surface area contributed by atoms with Crippen molar-refractivity contribution in [2.45, 2.75) is 32.1 Å². The second-order valence-corrected chi connectivity index (χ2v) is 5.15. The van der Waals surface area contributed by atoms with Crippen molar-refractivity contribution in [1.82, 2.24) is 9.97 Å². The molecule has 1 atom stereocenters. The van der Waals surface area contributed by atoms with E-state index in [1.54, 1.807) is 0 Å². The minimum atomic E-state index is -0.224. The molecule has 1 rings (SSSR count). The van der Waals surface area contributed by atoms with Gasteiger partial charge in [0.1, 0.15) is 11.0 Å². The fraction of sp³-hybridized carbons (Fsp3) is 0.556. The summed E-state index contributed by atoms with van der Waals surface area (Å²) in [5.74, 6) is 0.864. The van der Waals surface area contributed by atoms with Gasteiger partial charge in [-0.25, -0.2) is 9.97 Å². The molecule has 0 aliphatic heterocycles. The normalized spacial score (nSPS) is 13.4. The van der Waals surface area contributed by atoms with Gasteiger partial charge < -0.3 is 0 Å². The zero-order valence-electron chi connectivity index (χ0n) is 8.18. The summed E-state index contributed by atoms with van der Waals surface area (Å²) >= 11 is 15.2. The van der Waals surface area contributed by atoms with E-state index in [-0.39, 0.29) is 5.38 Å². The van der Waals surface area contributed by atoms with Crippen molar-refractivity contribution in [2.24, 2.45) is 0 Å². The predicted octanol–water partition coefficient (Wildman–Crippen LogP) is 4.32. The highest BCUT2D eigenvalue weighted by molar-refractivity contribution is 9.10. The minimum Gasteiger partial charge on any atom is -0.235 e. The fourth-order valence-electron chi connectivity index (χ4n) is 1.01. The largest absolute Gasteiger partial charge is 0.235 e. The maximum absolute atomic E-state index is 5.95. The van der Waals surface area contributed by atoms with Crippen LogP contribution in [0, 0.1) is 0 Å². The zero-order chi connectivity index (χ0) is 10.9. The maximum atomic E-state index is 5.95. The number of hydrogen-bond acceptors (Lipinski definition) is 2. The molecule has 0 saturated carbocycles. The van der Waals surface area contributed by atoms with E-state index in [2.05, 4.69) is 25.9 Å². The van der Waals surface area contributed by atoms with Crippen molar-refractivity contribution >= 4 is 39.1 Å². The van der Waals surface area contributed by atoms with Gasteiger partial charge in [0.2, 0.25) is 0 Å². The zero-order valence-corrected chi connectivity index (χ0v) is 11.3. The van der Waals surface area contributed by atoms with E-state index < -0.39 is 0 Å². The first-order valence-corrected chi connectivity index (χ1v) is 5.91. The third-order valence-electron chi connectivity index (χ3n) is 1.76. The lowest BCUT2D eigenvalue weighted by Gasteiger charge is -2.11. The second kappa shape index (κ2) is 4.77. The SMILES string of the molecule is CC(C)c1nc(C(C)Cl)nc(Cl)c1Br. The number of hydrogen-bond donors (Lipinski definition) is 0. The maximum Gasteiger partial charge on any atom is 0.147 e. The van der Waals surface area contributed by atoms with Crippen LogP contribution < -0.4 is 0 Å². The first kappa shape index (κ1) is 12.2. The van der Waals surface area contributed by atoms with Crippen LogP contribution in [0.1, 0.15) is 43.6 Å². The Balaban J connectivity index is 3.28. The first-order chi connectivity index (χ1) is 6.43. The summed E-state index contributed by atoms with van der Waals surface area (Å²) in [6, 6.07) is 0. The van der Waals surface area contributed by atoms with Crippen molar-refractivity contribution in [2.75, 3.05) is 0 Å². The van der Waals surface area contributed by atoms with Crippen molar-refractivity contribution in [3.8, 4) is 0 Å². The highest BCUT2D eigenvalue weighted by atomic mass is 79.9. The second-order valence-electron chi connectivity index (χ2n) is 3.34. The molecular weight excluding hydrogens is 287 g/mol. The van der Waals surface area contributed by atoms with E-state index in [4.69, 9.17) is 23.2 Å². The van der Waals surface area contributed by atoms with Crippen LogP contribution in [0.3, 0.4) is 0 Å². The molecule has 0 spiro atoms. The molecule has 0 fully saturated rings. The fourth-order valence-corrected chi connectivity index (χ4v) is 1.93. The molecule has 5 heteroatoms. The van der Waals surface area contributed by atoms with Gasteiger partial charge in [-0.3, -0.25) is 0 Å². The van der Waals surface area contributed by atoms with Crippen molar-refractivity contribution in [3.63, 3.8) is 0 Å². The van der Waals surface area contributed by atoms with Gasteiger partial charge in [0, 0.05) is 0 Å². The van der Waals surface area contributed by atoms with Gasteiger partial charge in [0.15, 0.2) is 0 Å². The number of aromatic nitrogens is 2. The number of alkyl halides is 1. The van der Waals surface area contributed by atoms with Crippen LogP contribution in [0.25, 0.3) is 0 Å². The van der Waals surface area contributed by atoms with Crippen LogP contribution in [0.5, 0.6) is 0 Å². The first-order valence-electron chi connectivity index (χ1n) is 4.30. The summed E-state index contributed by atoms with van der Waals surface area (Å²) in [5, 5.41) is 0.198. The Morgan fingerprint density at radius 2 is 1.79 bits per heavy atom. The molecule has 14 heavy (non-hydrogen) atoms. The number of halogens is 3. The molecule has 0 radical (unpaired) electrons. The molecule has 0 aromatic carbocycles. The van der Waals surface area contributed by atoms with Crippen LogP contribution in [0.15, 0.2) is 4.47 Å². The van der Waals surface area contributed by atoms with Gasteiger partial charge in [0.25, 0.3) is 0 Å². The van der Waals surface area contributed by atoms with Crippen LogP contribution in [0.2, 0.25) is 5.15 Å². The summed E-state index contributed by atoms with van der Waals surface area (Å²) in [5.41, 5.74) is 0.896. The molecule has 0 amide bonds. The van der Waals surface area contributed by atoms with Crippen molar-refractivity contribution in [1.29, 1.82) is 0 Å². The van der Waals surface area contributed by atoms with E-state index in [9.17, 15) is 0 Å². The highest BCUT2D eigenvalue weighted by Crippen LogP contribution is 2.30. The average molecular weight is 298 g/mol. The Labute approximate surface area is 102 Å². The highest BCUT2D eigenvalue weighted by Gasteiger charge is 2.15. The van der Waals surface area contributed by atoms with E-state index in [1.165, 1.54) is 0 Å². The third-order valence-corrected chi connectivity index (χ3v) is 3.24. The van der Waals surface area contributed by atoms with Crippen LogP contribution >= 0.6 is 39.1 Å². The van der Waals surface area contributed by atoms with E-state index >= 15 is 0 Å². The van der Waals surface area contributed by atoms with Crippen molar-refractivity contribution in [3.05, 3.63) is 21.1 Å². The molecular formula is C9H11BrCl2N2. The lowest BCUT2D eigenvalue weighted by atomic mass is 10.1. The van der Waals surface area contributed by atoms with Crippen LogP contribution in [0.4, 0.5) is 0 Å². The van der Waals surface area contributed by atoms with Gasteiger partial charge >= 0.3 is 0 Å². The minimum absolute atomic E-state index is 0.224. The molecule has 0 bridgehead atoms. The van der Waals surface area contributed by atoms with E-state index in [0.717, 1.165) is 10.2 Å². The monoisotopic (exact) mass is 296 g/mol. The van der Waals surface area contributed by atoms with Crippen LogP contribution in [-0.4, -0.2) is 9.97 Å². The smallest absolute Gasteiger partial charge is 0.147 e. The van der Waals surface area contributed by atoms with Gasteiger partial charge in [-0.2, -0.15) is 0 Å². The molecule has 2 nitrogen and oxygen atoms in total. The van der Waals surface area contributed by atoms with E-state index in [0.29, 0.717) is 16.9 Å². The molecule has 0 aliphatic rings. The van der Waals surface area contributed by atoms with Gasteiger partial charge in [-0.1, -0.05) is 25.4 Å². The average Bonchev–Trinajstić information content (AvgIpc) is 2.08. The molecule has 1 aromatic heterocycles. The predicted molar refractivity (Wildman–Crippen MR) is 63.1 cm³/mol. The Hall–Kier alpha value is 0.140. The lowest BCUT2D eigenvalue weighted by Crippen LogP contribution is -2.03. The summed E-state index contributed by atoms with van der Waals surface area (Å²) in [6.07, 6.45) is 0. The Kier molecular flexibility index (Phi) is 4.16. The summed E-state index contributed by atoms with van der Waals surface area (Å²) in [4.78, 5) is 8.45. The number of rotatable bonds is 2. The van der Waals surface area contributed by atoms with Gasteiger partial charge in [-0.15, -0.1) is 11.6 Å². The molecule has 0 N–H and O–H groups in total. The Morgan fingerprint density at radius 3 is 2.21 bits per heavy atom. The van der Waals surface area contributed by atoms with Gasteiger partial charge in [0.05, 0.1) is 15.5 Å². The molecule has 0 aliphatic carbocycles. The van der Waals surface area contributed by atoms with Gasteiger partial charge in [-0.05, 0) is 28.8 Å². The summed E-state index contributed by atoms with van der Waals surface area (Å²) in [6.45, 7) is 5.92. The lowest BCUT2D eigenvalue weighted by molar-refractivity contribution is 0.773. The summed E-state index contributed by atoms with van der Waals surface area (Å²) < 4.78 is 0.759. The molecule has 1 aromatic rings. The Morgan fingerprint density at radius 1 is 1.21 bits per heavy atom. The summed E-state index contributed by atoms with van der Waals surface area (Å²) in [7, 11) is 0. The molecule has 78 valence electrons. The van der Waals surface area contributed by atoms with E-state index in [1.807, 2.05) is 20.8 Å². The van der Waals surface area contributed by atoms with Crippen molar-refractivity contribution < 1.29 is 0 Å². The molecule has 0 saturated heterocycles. The topological polar surface area (TPSA) is 25.8 Å². The third kappa shape index (κ3) is 2.59. The quantitative estimate of drug-likeness (QED) is 0.600. The molecule has 1 unspecified atom stereocenters. The van der Waals surface area contributed by atoms with Crippen LogP contribution in [-0.2, 0) is 0 Å². The number of nitrogens with zero attached hydrogens (tertiary/aromatic N) is 2. The Bertz CT molecular complexity index is 340. The molecule has 1 heterocycles.